The maximum Gasteiger partial charge on any atom is 0.243 e. The fourth-order valence-electron chi connectivity index (χ4n) is 1.72. The number of sulfonamides is 1. The lowest BCUT2D eigenvalue weighted by molar-refractivity contribution is -0.120. The van der Waals surface area contributed by atoms with Gasteiger partial charge in [0.25, 0.3) is 0 Å². The van der Waals surface area contributed by atoms with Gasteiger partial charge in [-0.05, 0) is 44.9 Å². The van der Waals surface area contributed by atoms with E-state index in [4.69, 9.17) is 10.5 Å². The van der Waals surface area contributed by atoms with Crippen molar-refractivity contribution >= 4 is 21.6 Å². The number of ether oxygens (including phenoxy) is 1. The van der Waals surface area contributed by atoms with Crippen LogP contribution in [0.3, 0.4) is 0 Å². The lowest BCUT2D eigenvalue weighted by Gasteiger charge is -2.19. The van der Waals surface area contributed by atoms with Crippen LogP contribution in [0.15, 0.2) is 23.1 Å². The highest BCUT2D eigenvalue weighted by molar-refractivity contribution is 7.89. The molecule has 7 nitrogen and oxygen atoms in total. The maximum absolute atomic E-state index is 12.2. The molecule has 0 aliphatic heterocycles. The Labute approximate surface area is 130 Å². The number of carbonyl (C=O) groups excluding carboxylic acids is 1. The maximum atomic E-state index is 12.2. The van der Waals surface area contributed by atoms with E-state index in [0.29, 0.717) is 5.75 Å². The van der Waals surface area contributed by atoms with Crippen LogP contribution in [0.1, 0.15) is 26.7 Å². The van der Waals surface area contributed by atoms with Crippen LogP contribution < -0.4 is 20.5 Å². The zero-order valence-corrected chi connectivity index (χ0v) is 13.7. The van der Waals surface area contributed by atoms with Gasteiger partial charge in [-0.1, -0.05) is 0 Å². The number of hydrogen-bond acceptors (Lipinski definition) is 5. The minimum atomic E-state index is -3.60. The van der Waals surface area contributed by atoms with Gasteiger partial charge < -0.3 is 15.8 Å². The van der Waals surface area contributed by atoms with E-state index in [1.807, 2.05) is 0 Å². The molecule has 0 unspecified atom stereocenters. The van der Waals surface area contributed by atoms with Crippen molar-refractivity contribution in [2.75, 3.05) is 12.4 Å². The largest absolute Gasteiger partial charge is 0.495 e. The number of rotatable bonds is 6. The Morgan fingerprint density at radius 1 is 1.36 bits per heavy atom. The van der Waals surface area contributed by atoms with Crippen molar-refractivity contribution in [1.82, 2.24) is 4.72 Å². The van der Waals surface area contributed by atoms with Crippen LogP contribution in [0, 0.1) is 0 Å². The average molecular weight is 327 g/mol. The van der Waals surface area contributed by atoms with Gasteiger partial charge in [-0.25, -0.2) is 13.1 Å². The number of anilines is 1. The molecular weight excluding hydrogens is 306 g/mol. The zero-order chi connectivity index (χ0) is 16.5. The van der Waals surface area contributed by atoms with Gasteiger partial charge in [0.2, 0.25) is 15.9 Å². The summed E-state index contributed by atoms with van der Waals surface area (Å²) in [6.45, 7) is 3.12. The van der Waals surface area contributed by atoms with Gasteiger partial charge in [0.1, 0.15) is 5.75 Å². The van der Waals surface area contributed by atoms with E-state index in [-0.39, 0.29) is 16.6 Å². The summed E-state index contributed by atoms with van der Waals surface area (Å²) in [7, 11) is -2.16. The van der Waals surface area contributed by atoms with Crippen LogP contribution in [0.2, 0.25) is 0 Å². The Kier molecular flexibility index (Phi) is 4.46. The van der Waals surface area contributed by atoms with E-state index < -0.39 is 21.5 Å². The molecule has 4 N–H and O–H groups in total. The minimum Gasteiger partial charge on any atom is -0.495 e. The summed E-state index contributed by atoms with van der Waals surface area (Å²) in [5, 5.41) is 2.60. The van der Waals surface area contributed by atoms with Crippen LogP contribution in [0.4, 0.5) is 5.69 Å². The number of hydrogen-bond donors (Lipinski definition) is 3. The molecule has 8 heteroatoms. The Morgan fingerprint density at radius 2 is 2.00 bits per heavy atom. The van der Waals surface area contributed by atoms with Crippen molar-refractivity contribution in [1.29, 1.82) is 0 Å². The van der Waals surface area contributed by atoms with Gasteiger partial charge in [-0.2, -0.15) is 0 Å². The fraction of sp³-hybridized carbons (Fsp3) is 0.500. The predicted octanol–water partition coefficient (Wildman–Crippen LogP) is 0.812. The topological polar surface area (TPSA) is 111 Å². The highest BCUT2D eigenvalue weighted by atomic mass is 32.2. The lowest BCUT2D eigenvalue weighted by atomic mass is 10.1. The van der Waals surface area contributed by atoms with E-state index in [0.717, 1.165) is 12.8 Å². The summed E-state index contributed by atoms with van der Waals surface area (Å²) in [6, 6.07) is 4.31. The third-order valence-corrected chi connectivity index (χ3v) is 4.73. The average Bonchev–Trinajstić information content (AvgIpc) is 3.20. The van der Waals surface area contributed by atoms with Crippen LogP contribution in [-0.4, -0.2) is 33.0 Å². The van der Waals surface area contributed by atoms with Gasteiger partial charge >= 0.3 is 0 Å². The summed E-state index contributed by atoms with van der Waals surface area (Å²) >= 11 is 0. The Balaban J connectivity index is 2.31. The SMILES string of the molecule is COc1ccc(S(=O)(=O)NC2CC2)cc1NC(=O)C(C)(C)N. The first-order chi connectivity index (χ1) is 10.1. The highest BCUT2D eigenvalue weighted by Gasteiger charge is 2.29. The van der Waals surface area contributed by atoms with Crippen LogP contribution in [-0.2, 0) is 14.8 Å². The van der Waals surface area contributed by atoms with Crippen LogP contribution in [0.5, 0.6) is 5.75 Å². The molecular formula is C14H21N3O4S. The quantitative estimate of drug-likeness (QED) is 0.716. The molecule has 0 atom stereocenters. The molecule has 0 radical (unpaired) electrons. The van der Waals surface area contributed by atoms with Crippen LogP contribution >= 0.6 is 0 Å². The molecule has 0 spiro atoms. The summed E-state index contributed by atoms with van der Waals surface area (Å²) in [6.07, 6.45) is 1.70. The predicted molar refractivity (Wildman–Crippen MR) is 83.2 cm³/mol. The first-order valence-corrected chi connectivity index (χ1v) is 8.42. The van der Waals surface area contributed by atoms with Gasteiger partial charge in [-0.15, -0.1) is 0 Å². The number of methoxy groups -OCH3 is 1. The Hall–Kier alpha value is -1.64. The lowest BCUT2D eigenvalue weighted by Crippen LogP contribution is -2.45. The van der Waals surface area contributed by atoms with Crippen LogP contribution in [0.25, 0.3) is 0 Å². The molecule has 0 aromatic heterocycles. The third kappa shape index (κ3) is 3.96. The van der Waals surface area contributed by atoms with E-state index in [1.165, 1.54) is 25.3 Å². The highest BCUT2D eigenvalue weighted by Crippen LogP contribution is 2.29. The summed E-state index contributed by atoms with van der Waals surface area (Å²) in [4.78, 5) is 12.1. The molecule has 0 saturated heterocycles. The molecule has 1 saturated carbocycles. The van der Waals surface area contributed by atoms with Crippen molar-refractivity contribution < 1.29 is 17.9 Å². The van der Waals surface area contributed by atoms with E-state index in [1.54, 1.807) is 13.8 Å². The second-order valence-corrected chi connectivity index (χ2v) is 7.65. The number of nitrogens with two attached hydrogens (primary N) is 1. The Bertz CT molecular complexity index is 676. The van der Waals surface area contributed by atoms with Gasteiger partial charge in [0.15, 0.2) is 0 Å². The smallest absolute Gasteiger partial charge is 0.243 e. The van der Waals surface area contributed by atoms with Crippen molar-refractivity contribution in [3.05, 3.63) is 18.2 Å². The molecule has 22 heavy (non-hydrogen) atoms. The number of carbonyl (C=O) groups is 1. The second kappa shape index (κ2) is 5.86. The van der Waals surface area contributed by atoms with Gasteiger partial charge in [0, 0.05) is 6.04 Å². The number of nitrogens with one attached hydrogen (secondary N) is 2. The first kappa shape index (κ1) is 16.7. The molecule has 1 amide bonds. The van der Waals surface area contributed by atoms with Crippen molar-refractivity contribution in [2.45, 2.75) is 43.2 Å². The summed E-state index contributed by atoms with van der Waals surface area (Å²) < 4.78 is 32.2. The molecule has 0 bridgehead atoms. The van der Waals surface area contributed by atoms with Gasteiger partial charge in [0.05, 0.1) is 23.2 Å². The number of benzene rings is 1. The molecule has 1 aliphatic rings. The van der Waals surface area contributed by atoms with E-state index >= 15 is 0 Å². The monoisotopic (exact) mass is 327 g/mol. The first-order valence-electron chi connectivity index (χ1n) is 6.94. The zero-order valence-electron chi connectivity index (χ0n) is 12.8. The Morgan fingerprint density at radius 3 is 2.50 bits per heavy atom. The number of amides is 1. The standard InChI is InChI=1S/C14H21N3O4S/c1-14(2,15)13(18)16-11-8-10(6-7-12(11)21-3)22(19,20)17-9-4-5-9/h6-9,17H,4-5,15H2,1-3H3,(H,16,18). The molecule has 1 fully saturated rings. The van der Waals surface area contributed by atoms with E-state index in [9.17, 15) is 13.2 Å². The molecule has 1 aliphatic carbocycles. The normalized spacial score (nSPS) is 15.5. The van der Waals surface area contributed by atoms with Crippen molar-refractivity contribution in [3.63, 3.8) is 0 Å². The fourth-order valence-corrected chi connectivity index (χ4v) is 3.05. The van der Waals surface area contributed by atoms with Gasteiger partial charge in [-0.3, -0.25) is 4.79 Å². The van der Waals surface area contributed by atoms with E-state index in [2.05, 4.69) is 10.0 Å². The minimum absolute atomic E-state index is 0.00752. The summed E-state index contributed by atoms with van der Waals surface area (Å²) in [5.74, 6) is -0.0709. The molecule has 122 valence electrons. The molecule has 1 aromatic rings. The van der Waals surface area contributed by atoms with Crippen molar-refractivity contribution in [2.24, 2.45) is 5.73 Å². The second-order valence-electron chi connectivity index (χ2n) is 5.93. The molecule has 2 rings (SSSR count). The molecule has 1 aromatic carbocycles. The van der Waals surface area contributed by atoms with Crippen molar-refractivity contribution in [3.8, 4) is 5.75 Å². The molecule has 0 heterocycles. The summed E-state index contributed by atoms with van der Waals surface area (Å²) in [5.41, 5.74) is 4.91. The third-order valence-electron chi connectivity index (χ3n) is 3.21.